The van der Waals surface area contributed by atoms with Crippen LogP contribution in [0.5, 0.6) is 5.75 Å². The molecule has 1 aromatic heterocycles. The zero-order valence-electron chi connectivity index (χ0n) is 19.5. The molecule has 0 aliphatic heterocycles. The first kappa shape index (κ1) is 24.8. The van der Waals surface area contributed by atoms with Gasteiger partial charge in [-0.2, -0.15) is 0 Å². The Bertz CT molecular complexity index is 819. The second kappa shape index (κ2) is 10.7. The summed E-state index contributed by atoms with van der Waals surface area (Å²) in [6, 6.07) is 12.2. The summed E-state index contributed by atoms with van der Waals surface area (Å²) in [7, 11) is 1.60. The minimum atomic E-state index is -1.78. The lowest BCUT2D eigenvalue weighted by molar-refractivity contribution is -0.142. The van der Waals surface area contributed by atoms with Crippen LogP contribution in [-0.2, 0) is 15.1 Å². The summed E-state index contributed by atoms with van der Waals surface area (Å²) in [5.74, 6) is 0.737. The molecule has 0 aliphatic rings. The first-order valence-corrected chi connectivity index (χ1v) is 10.8. The highest BCUT2D eigenvalue weighted by Crippen LogP contribution is 2.31. The number of aromatic nitrogens is 1. The number of hydrogen-bond acceptors (Lipinski definition) is 5. The lowest BCUT2D eigenvalue weighted by Crippen LogP contribution is -2.50. The zero-order chi connectivity index (χ0) is 23.1. The van der Waals surface area contributed by atoms with Gasteiger partial charge in [-0.25, -0.2) is 0 Å². The van der Waals surface area contributed by atoms with E-state index >= 15 is 0 Å². The van der Waals surface area contributed by atoms with Gasteiger partial charge in [0.15, 0.2) is 5.60 Å². The molecule has 1 amide bonds. The predicted molar refractivity (Wildman–Crippen MR) is 122 cm³/mol. The van der Waals surface area contributed by atoms with E-state index in [0.717, 1.165) is 24.2 Å². The smallest absolute Gasteiger partial charge is 0.258 e. The lowest BCUT2D eigenvalue weighted by atomic mass is 9.90. The molecule has 2 unspecified atom stereocenters. The number of methoxy groups -OCH3 is 1. The van der Waals surface area contributed by atoms with E-state index in [1.807, 2.05) is 38.1 Å². The Morgan fingerprint density at radius 2 is 1.84 bits per heavy atom. The molecule has 2 rings (SSSR count). The van der Waals surface area contributed by atoms with E-state index in [9.17, 15) is 9.90 Å². The van der Waals surface area contributed by atoms with Crippen LogP contribution in [0.1, 0.15) is 64.8 Å². The minimum Gasteiger partial charge on any atom is -0.493 e. The molecule has 6 nitrogen and oxygen atoms in total. The maximum absolute atomic E-state index is 13.0. The first-order chi connectivity index (χ1) is 14.6. The molecule has 0 bridgehead atoms. The number of pyridine rings is 1. The van der Waals surface area contributed by atoms with Crippen LogP contribution in [0.4, 0.5) is 0 Å². The quantitative estimate of drug-likeness (QED) is 0.555. The largest absolute Gasteiger partial charge is 0.493 e. The molecule has 31 heavy (non-hydrogen) atoms. The number of benzene rings is 1. The molecule has 0 radical (unpaired) electrons. The fourth-order valence-corrected chi connectivity index (χ4v) is 3.39. The highest BCUT2D eigenvalue weighted by Gasteiger charge is 2.39. The number of ether oxygens (including phenoxy) is 2. The Kier molecular flexibility index (Phi) is 8.60. The van der Waals surface area contributed by atoms with E-state index in [4.69, 9.17) is 9.47 Å². The maximum atomic E-state index is 13.0. The van der Waals surface area contributed by atoms with Crippen LogP contribution in [0.2, 0.25) is 0 Å². The fourth-order valence-electron chi connectivity index (χ4n) is 3.39. The summed E-state index contributed by atoms with van der Waals surface area (Å²) in [5, 5.41) is 13.8. The summed E-state index contributed by atoms with van der Waals surface area (Å²) in [6.45, 7) is 10.2. The second-order valence-corrected chi connectivity index (χ2v) is 8.78. The van der Waals surface area contributed by atoms with Crippen LogP contribution in [0.3, 0.4) is 0 Å². The molecule has 1 heterocycles. The number of carbonyl (C=O) groups is 1. The van der Waals surface area contributed by atoms with Gasteiger partial charge in [0.05, 0.1) is 23.9 Å². The Morgan fingerprint density at radius 1 is 1.16 bits per heavy atom. The number of nitrogens with zero attached hydrogens (tertiary/aromatic N) is 1. The van der Waals surface area contributed by atoms with Gasteiger partial charge >= 0.3 is 0 Å². The third-order valence-electron chi connectivity index (χ3n) is 5.63. The standard InChI is InChI=1S/C25H36N2O4/c1-7-10-18(2)17-31-20-14-12-19(13-15-20)22(24(3,4)30-6)27-23(28)25(5,29)21-11-8-9-16-26-21/h8-9,11-16,18,22,29H,7,10,17H2,1-6H3,(H,27,28)/t18?,22-,25?/m1/s1. The Balaban J connectivity index is 2.20. The van der Waals surface area contributed by atoms with Gasteiger partial charge in [0, 0.05) is 13.3 Å². The Hall–Kier alpha value is -2.44. The van der Waals surface area contributed by atoms with Crippen LogP contribution in [0.25, 0.3) is 0 Å². The highest BCUT2D eigenvalue weighted by atomic mass is 16.5. The Labute approximate surface area is 186 Å². The first-order valence-electron chi connectivity index (χ1n) is 10.8. The predicted octanol–water partition coefficient (Wildman–Crippen LogP) is 4.39. The molecule has 0 aliphatic carbocycles. The van der Waals surface area contributed by atoms with Gasteiger partial charge in [0.1, 0.15) is 5.75 Å². The Morgan fingerprint density at radius 3 is 2.39 bits per heavy atom. The average Bonchev–Trinajstić information content (AvgIpc) is 2.77. The van der Waals surface area contributed by atoms with E-state index in [1.165, 1.54) is 6.92 Å². The number of amides is 1. The molecular weight excluding hydrogens is 392 g/mol. The topological polar surface area (TPSA) is 80.7 Å². The SMILES string of the molecule is CCCC(C)COc1ccc([C@@H](NC(=O)C(C)(O)c2ccccn2)C(C)(C)OC)cc1. The fraction of sp³-hybridized carbons (Fsp3) is 0.520. The second-order valence-electron chi connectivity index (χ2n) is 8.78. The van der Waals surface area contributed by atoms with E-state index in [1.54, 1.807) is 31.5 Å². The van der Waals surface area contributed by atoms with Crippen molar-refractivity contribution in [2.24, 2.45) is 5.92 Å². The molecule has 0 saturated heterocycles. The van der Waals surface area contributed by atoms with Crippen molar-refractivity contribution in [3.8, 4) is 5.75 Å². The van der Waals surface area contributed by atoms with Crippen LogP contribution >= 0.6 is 0 Å². The van der Waals surface area contributed by atoms with Gasteiger partial charge < -0.3 is 19.9 Å². The third-order valence-corrected chi connectivity index (χ3v) is 5.63. The van der Waals surface area contributed by atoms with Crippen LogP contribution < -0.4 is 10.1 Å². The van der Waals surface area contributed by atoms with E-state index in [2.05, 4.69) is 24.1 Å². The summed E-state index contributed by atoms with van der Waals surface area (Å²) in [5.41, 5.74) is -1.35. The molecule has 170 valence electrons. The molecule has 0 fully saturated rings. The average molecular weight is 429 g/mol. The van der Waals surface area contributed by atoms with Crippen molar-refractivity contribution in [3.63, 3.8) is 0 Å². The van der Waals surface area contributed by atoms with Crippen molar-refractivity contribution in [1.82, 2.24) is 10.3 Å². The molecule has 1 aromatic carbocycles. The van der Waals surface area contributed by atoms with Gasteiger partial charge in [-0.15, -0.1) is 0 Å². The van der Waals surface area contributed by atoms with Gasteiger partial charge in [-0.1, -0.05) is 38.5 Å². The minimum absolute atomic E-state index is 0.284. The molecule has 0 saturated carbocycles. The van der Waals surface area contributed by atoms with Crippen molar-refractivity contribution in [2.45, 2.75) is 64.7 Å². The molecule has 6 heteroatoms. The lowest BCUT2D eigenvalue weighted by Gasteiger charge is -2.36. The molecule has 2 N–H and O–H groups in total. The van der Waals surface area contributed by atoms with Gasteiger partial charge in [0.2, 0.25) is 0 Å². The number of nitrogens with one attached hydrogen (secondary N) is 1. The van der Waals surface area contributed by atoms with Crippen LogP contribution in [-0.4, -0.2) is 35.3 Å². The summed E-state index contributed by atoms with van der Waals surface area (Å²) >= 11 is 0. The van der Waals surface area contributed by atoms with E-state index in [-0.39, 0.29) is 5.69 Å². The zero-order valence-corrected chi connectivity index (χ0v) is 19.5. The van der Waals surface area contributed by atoms with Crippen molar-refractivity contribution < 1.29 is 19.4 Å². The summed E-state index contributed by atoms with van der Waals surface area (Å²) in [6.07, 6.45) is 3.82. The van der Waals surface area contributed by atoms with E-state index in [0.29, 0.717) is 12.5 Å². The molecule has 0 spiro atoms. The van der Waals surface area contributed by atoms with Crippen molar-refractivity contribution >= 4 is 5.91 Å². The van der Waals surface area contributed by atoms with E-state index < -0.39 is 23.2 Å². The maximum Gasteiger partial charge on any atom is 0.258 e. The summed E-state index contributed by atoms with van der Waals surface area (Å²) in [4.78, 5) is 17.2. The van der Waals surface area contributed by atoms with Gasteiger partial charge in [-0.05, 0) is 62.9 Å². The van der Waals surface area contributed by atoms with Gasteiger partial charge in [0.25, 0.3) is 5.91 Å². The normalized spacial score (nSPS) is 15.6. The monoisotopic (exact) mass is 428 g/mol. The van der Waals surface area contributed by atoms with Crippen LogP contribution in [0.15, 0.2) is 48.7 Å². The number of carbonyl (C=O) groups excluding carboxylic acids is 1. The number of hydrogen-bond donors (Lipinski definition) is 2. The molecular formula is C25H36N2O4. The highest BCUT2D eigenvalue weighted by molar-refractivity contribution is 5.85. The molecule has 3 atom stereocenters. The van der Waals surface area contributed by atoms with Gasteiger partial charge in [-0.3, -0.25) is 9.78 Å². The van der Waals surface area contributed by atoms with Crippen molar-refractivity contribution in [3.05, 3.63) is 59.9 Å². The van der Waals surface area contributed by atoms with Crippen LogP contribution in [0, 0.1) is 5.92 Å². The molecule has 2 aromatic rings. The third kappa shape index (κ3) is 6.52. The number of rotatable bonds is 11. The number of aliphatic hydroxyl groups is 1. The van der Waals surface area contributed by atoms with Crippen molar-refractivity contribution in [1.29, 1.82) is 0 Å². The summed E-state index contributed by atoms with van der Waals surface area (Å²) < 4.78 is 11.6. The van der Waals surface area contributed by atoms with Crippen molar-refractivity contribution in [2.75, 3.05) is 13.7 Å².